The predicted octanol–water partition coefficient (Wildman–Crippen LogP) is 2.25. The lowest BCUT2D eigenvalue weighted by Gasteiger charge is -2.06. The topological polar surface area (TPSA) is 38.9 Å². The molecule has 0 amide bonds. The quantitative estimate of drug-likeness (QED) is 0.768. The Labute approximate surface area is 75.0 Å². The van der Waals surface area contributed by atoms with Crippen LogP contribution in [0.1, 0.15) is 25.1 Å². The standard InChI is InChI=1S/C8H11BrN2/c1-2-6(10)7-4-3-5-8(9)11-7/h3-6H,2,10H2,1H3/t6-/m1/s1. The number of rotatable bonds is 2. The van der Waals surface area contributed by atoms with Crippen molar-refractivity contribution in [3.63, 3.8) is 0 Å². The molecule has 2 N–H and O–H groups in total. The van der Waals surface area contributed by atoms with Crippen LogP contribution in [0.25, 0.3) is 0 Å². The summed E-state index contributed by atoms with van der Waals surface area (Å²) in [6.07, 6.45) is 0.920. The van der Waals surface area contributed by atoms with Crippen molar-refractivity contribution >= 4 is 15.9 Å². The third kappa shape index (κ3) is 2.27. The lowest BCUT2D eigenvalue weighted by atomic mass is 10.1. The van der Waals surface area contributed by atoms with Gasteiger partial charge in [0, 0.05) is 6.04 Å². The summed E-state index contributed by atoms with van der Waals surface area (Å²) in [6.45, 7) is 2.05. The van der Waals surface area contributed by atoms with E-state index in [4.69, 9.17) is 5.73 Å². The van der Waals surface area contributed by atoms with Gasteiger partial charge in [0.2, 0.25) is 0 Å². The molecular weight excluding hydrogens is 204 g/mol. The van der Waals surface area contributed by atoms with E-state index in [9.17, 15) is 0 Å². The Bertz CT molecular complexity index is 237. The highest BCUT2D eigenvalue weighted by molar-refractivity contribution is 9.10. The summed E-state index contributed by atoms with van der Waals surface area (Å²) in [6, 6.07) is 5.85. The normalized spacial score (nSPS) is 13.0. The predicted molar refractivity (Wildman–Crippen MR) is 49.2 cm³/mol. The fraction of sp³-hybridized carbons (Fsp3) is 0.375. The minimum absolute atomic E-state index is 0.0625. The van der Waals surface area contributed by atoms with Crippen LogP contribution in [0.15, 0.2) is 22.8 Å². The molecule has 1 atom stereocenters. The maximum Gasteiger partial charge on any atom is 0.106 e. The number of hydrogen-bond acceptors (Lipinski definition) is 2. The first-order valence-corrected chi connectivity index (χ1v) is 4.41. The van der Waals surface area contributed by atoms with Crippen molar-refractivity contribution in [3.05, 3.63) is 28.5 Å². The average molecular weight is 215 g/mol. The Balaban J connectivity index is 2.86. The molecule has 0 fully saturated rings. The Morgan fingerprint density at radius 1 is 1.64 bits per heavy atom. The number of pyridine rings is 1. The van der Waals surface area contributed by atoms with Crippen LogP contribution in [-0.4, -0.2) is 4.98 Å². The monoisotopic (exact) mass is 214 g/mol. The zero-order valence-electron chi connectivity index (χ0n) is 6.42. The van der Waals surface area contributed by atoms with Gasteiger partial charge in [0.05, 0.1) is 5.69 Å². The smallest absolute Gasteiger partial charge is 0.106 e. The van der Waals surface area contributed by atoms with Crippen molar-refractivity contribution in [2.75, 3.05) is 0 Å². The minimum Gasteiger partial charge on any atom is -0.323 e. The van der Waals surface area contributed by atoms with Crippen molar-refractivity contribution in [1.82, 2.24) is 4.98 Å². The SMILES string of the molecule is CC[C@@H](N)c1cccc(Br)n1. The Morgan fingerprint density at radius 2 is 2.36 bits per heavy atom. The van der Waals surface area contributed by atoms with E-state index in [1.165, 1.54) is 0 Å². The van der Waals surface area contributed by atoms with Gasteiger partial charge in [-0.3, -0.25) is 0 Å². The van der Waals surface area contributed by atoms with E-state index < -0.39 is 0 Å². The molecule has 0 radical (unpaired) electrons. The van der Waals surface area contributed by atoms with Crippen molar-refractivity contribution < 1.29 is 0 Å². The first-order valence-electron chi connectivity index (χ1n) is 3.62. The minimum atomic E-state index is 0.0625. The van der Waals surface area contributed by atoms with Crippen molar-refractivity contribution in [3.8, 4) is 0 Å². The first kappa shape index (κ1) is 8.68. The molecule has 1 heterocycles. The lowest BCUT2D eigenvalue weighted by Crippen LogP contribution is -2.10. The molecular formula is C8H11BrN2. The van der Waals surface area contributed by atoms with Gasteiger partial charge in [-0.05, 0) is 34.5 Å². The molecule has 1 aromatic heterocycles. The van der Waals surface area contributed by atoms with Crippen LogP contribution in [-0.2, 0) is 0 Å². The number of halogens is 1. The zero-order valence-corrected chi connectivity index (χ0v) is 8.01. The summed E-state index contributed by atoms with van der Waals surface area (Å²) >= 11 is 3.29. The average Bonchev–Trinajstić information content (AvgIpc) is 2.03. The molecule has 0 aliphatic rings. The van der Waals surface area contributed by atoms with Crippen LogP contribution >= 0.6 is 15.9 Å². The molecule has 1 rings (SSSR count). The highest BCUT2D eigenvalue weighted by atomic mass is 79.9. The van der Waals surface area contributed by atoms with E-state index in [1.807, 2.05) is 25.1 Å². The van der Waals surface area contributed by atoms with Gasteiger partial charge in [-0.25, -0.2) is 4.98 Å². The number of aromatic nitrogens is 1. The molecule has 3 heteroatoms. The van der Waals surface area contributed by atoms with Crippen LogP contribution in [0.4, 0.5) is 0 Å². The molecule has 2 nitrogen and oxygen atoms in total. The third-order valence-electron chi connectivity index (χ3n) is 1.56. The van der Waals surface area contributed by atoms with Gasteiger partial charge in [0.25, 0.3) is 0 Å². The van der Waals surface area contributed by atoms with E-state index in [2.05, 4.69) is 20.9 Å². The Morgan fingerprint density at radius 3 is 2.91 bits per heavy atom. The van der Waals surface area contributed by atoms with Crippen molar-refractivity contribution in [2.24, 2.45) is 5.73 Å². The third-order valence-corrected chi connectivity index (χ3v) is 2.00. The fourth-order valence-corrected chi connectivity index (χ4v) is 1.20. The summed E-state index contributed by atoms with van der Waals surface area (Å²) in [7, 11) is 0. The van der Waals surface area contributed by atoms with E-state index in [0.717, 1.165) is 16.7 Å². The van der Waals surface area contributed by atoms with Crippen molar-refractivity contribution in [2.45, 2.75) is 19.4 Å². The summed E-state index contributed by atoms with van der Waals surface area (Å²) in [5, 5.41) is 0. The van der Waals surface area contributed by atoms with E-state index in [1.54, 1.807) is 0 Å². The van der Waals surface area contributed by atoms with Gasteiger partial charge < -0.3 is 5.73 Å². The molecule has 0 bridgehead atoms. The van der Waals surface area contributed by atoms with E-state index in [0.29, 0.717) is 0 Å². The largest absolute Gasteiger partial charge is 0.323 e. The Hall–Kier alpha value is -0.410. The zero-order chi connectivity index (χ0) is 8.27. The van der Waals surface area contributed by atoms with Gasteiger partial charge in [-0.2, -0.15) is 0 Å². The number of hydrogen-bond donors (Lipinski definition) is 1. The van der Waals surface area contributed by atoms with Crippen LogP contribution in [0, 0.1) is 0 Å². The van der Waals surface area contributed by atoms with Gasteiger partial charge >= 0.3 is 0 Å². The van der Waals surface area contributed by atoms with Gasteiger partial charge in [0.1, 0.15) is 4.60 Å². The second-order valence-corrected chi connectivity index (χ2v) is 3.21. The second kappa shape index (κ2) is 3.83. The Kier molecular flexibility index (Phi) is 3.02. The molecule has 0 spiro atoms. The summed E-state index contributed by atoms with van der Waals surface area (Å²) in [5.41, 5.74) is 6.73. The molecule has 0 unspecified atom stereocenters. The van der Waals surface area contributed by atoms with Crippen LogP contribution in [0.3, 0.4) is 0 Å². The molecule has 60 valence electrons. The maximum atomic E-state index is 5.78. The summed E-state index contributed by atoms with van der Waals surface area (Å²) in [5.74, 6) is 0. The molecule has 0 saturated carbocycles. The van der Waals surface area contributed by atoms with Gasteiger partial charge in [0.15, 0.2) is 0 Å². The maximum absolute atomic E-state index is 5.78. The number of nitrogens with two attached hydrogens (primary N) is 1. The first-order chi connectivity index (χ1) is 5.24. The summed E-state index contributed by atoms with van der Waals surface area (Å²) in [4.78, 5) is 4.24. The van der Waals surface area contributed by atoms with Crippen LogP contribution < -0.4 is 5.73 Å². The molecule has 0 aromatic carbocycles. The molecule has 0 saturated heterocycles. The lowest BCUT2D eigenvalue weighted by molar-refractivity contribution is 0.674. The highest BCUT2D eigenvalue weighted by Crippen LogP contribution is 2.13. The molecule has 0 aliphatic heterocycles. The van der Waals surface area contributed by atoms with Gasteiger partial charge in [-0.15, -0.1) is 0 Å². The molecule has 0 aliphatic carbocycles. The molecule has 1 aromatic rings. The van der Waals surface area contributed by atoms with Gasteiger partial charge in [-0.1, -0.05) is 13.0 Å². The summed E-state index contributed by atoms with van der Waals surface area (Å²) < 4.78 is 0.846. The second-order valence-electron chi connectivity index (χ2n) is 2.40. The van der Waals surface area contributed by atoms with Crippen molar-refractivity contribution in [1.29, 1.82) is 0 Å². The van der Waals surface area contributed by atoms with Crippen LogP contribution in [0.2, 0.25) is 0 Å². The van der Waals surface area contributed by atoms with Crippen LogP contribution in [0.5, 0.6) is 0 Å². The molecule has 11 heavy (non-hydrogen) atoms. The number of nitrogens with zero attached hydrogens (tertiary/aromatic N) is 1. The highest BCUT2D eigenvalue weighted by Gasteiger charge is 2.03. The van der Waals surface area contributed by atoms with E-state index >= 15 is 0 Å². The van der Waals surface area contributed by atoms with E-state index in [-0.39, 0.29) is 6.04 Å². The fourth-order valence-electron chi connectivity index (χ4n) is 0.840.